The molecule has 0 radical (unpaired) electrons. The second kappa shape index (κ2) is 8.72. The van der Waals surface area contributed by atoms with E-state index in [1.807, 2.05) is 6.07 Å². The number of carbonyl (C=O) groups is 1. The number of likely N-dealkylation sites (N-methyl/N-ethyl adjacent to an activating group) is 1. The van der Waals surface area contributed by atoms with Gasteiger partial charge in [-0.1, -0.05) is 6.07 Å². The number of rotatable bonds is 2. The maximum atomic E-state index is 12.7. The maximum Gasteiger partial charge on any atom is 0.446 e. The van der Waals surface area contributed by atoms with Gasteiger partial charge < -0.3 is 41.2 Å². The Kier molecular flexibility index (Phi) is 8.19. The standard InChI is InChI=1S/C17H19NO6S.5H2O/c1-18-7-6-17-10-3-4-12(19)16(17)23-15-13(24-25(20,21)22)5-2-9(14(15)17)8-11(10)18;;;;;/h2,5,10-11,16H,3-4,6-8H2,1H3,(H,20,21,22);5*1H2/t10-,11+,16-,17-;;;;;/m0...../s1. The predicted molar refractivity (Wildman–Crippen MR) is 105 cm³/mol. The van der Waals surface area contributed by atoms with Crippen LogP contribution in [0, 0.1) is 5.92 Å². The second-order valence-corrected chi connectivity index (χ2v) is 8.61. The summed E-state index contributed by atoms with van der Waals surface area (Å²) in [6.45, 7) is 0.872. The lowest BCUT2D eigenvalue weighted by Gasteiger charge is -2.57. The number of ether oxygens (including phenoxy) is 1. The number of benzene rings is 1. The van der Waals surface area contributed by atoms with Crippen LogP contribution in [0.1, 0.15) is 30.4 Å². The molecule has 4 aliphatic rings. The van der Waals surface area contributed by atoms with Gasteiger partial charge in [-0.3, -0.25) is 9.35 Å². The fraction of sp³-hybridized carbons (Fsp3) is 0.588. The van der Waals surface area contributed by atoms with Crippen LogP contribution >= 0.6 is 0 Å². The molecule has 1 saturated heterocycles. The SMILES string of the molecule is CN1CC[C@]23c4c5ccc(OS(=O)(=O)O)c4O[C@H]2C(=O)CC[C@H]3[C@H]1C5.O.O.O.O.O. The van der Waals surface area contributed by atoms with Crippen LogP contribution in [0.3, 0.4) is 0 Å². The lowest BCUT2D eigenvalue weighted by Crippen LogP contribution is -2.65. The third kappa shape index (κ3) is 3.46. The van der Waals surface area contributed by atoms with Crippen molar-refractivity contribution in [2.45, 2.75) is 43.2 Å². The van der Waals surface area contributed by atoms with Crippen molar-refractivity contribution in [3.8, 4) is 11.5 Å². The molecule has 2 bridgehead atoms. The van der Waals surface area contributed by atoms with Crippen LogP contribution in [-0.2, 0) is 27.0 Å². The molecule has 174 valence electrons. The van der Waals surface area contributed by atoms with E-state index >= 15 is 0 Å². The summed E-state index contributed by atoms with van der Waals surface area (Å²) in [6.07, 6.45) is 2.38. The summed E-state index contributed by atoms with van der Waals surface area (Å²) in [5.41, 5.74) is 1.62. The zero-order valence-electron chi connectivity index (χ0n) is 16.3. The first-order chi connectivity index (χ1) is 11.8. The van der Waals surface area contributed by atoms with Crippen LogP contribution in [0.5, 0.6) is 11.5 Å². The van der Waals surface area contributed by atoms with Crippen molar-refractivity contribution in [3.05, 3.63) is 23.3 Å². The van der Waals surface area contributed by atoms with E-state index in [1.54, 1.807) is 0 Å². The van der Waals surface area contributed by atoms with E-state index in [4.69, 9.17) is 13.5 Å². The smallest absolute Gasteiger partial charge is 0.446 e. The highest BCUT2D eigenvalue weighted by molar-refractivity contribution is 7.81. The van der Waals surface area contributed by atoms with Crippen LogP contribution in [-0.4, -0.2) is 76.8 Å². The molecular formula is C17H29NO11S. The summed E-state index contributed by atoms with van der Waals surface area (Å²) in [6, 6.07) is 3.71. The van der Waals surface area contributed by atoms with Crippen molar-refractivity contribution in [1.29, 1.82) is 0 Å². The largest absolute Gasteiger partial charge is 0.477 e. The number of hydrogen-bond acceptors (Lipinski definition) is 6. The molecule has 1 saturated carbocycles. The fourth-order valence-electron chi connectivity index (χ4n) is 5.69. The Balaban J connectivity index is 0.00000168. The molecule has 11 N–H and O–H groups in total. The van der Waals surface area contributed by atoms with Gasteiger partial charge >= 0.3 is 10.4 Å². The van der Waals surface area contributed by atoms with Crippen molar-refractivity contribution in [2.24, 2.45) is 5.92 Å². The van der Waals surface area contributed by atoms with Crippen molar-refractivity contribution < 1.29 is 54.1 Å². The highest BCUT2D eigenvalue weighted by Gasteiger charge is 2.65. The molecule has 0 unspecified atom stereocenters. The van der Waals surface area contributed by atoms with Gasteiger partial charge in [-0.05, 0) is 50.4 Å². The van der Waals surface area contributed by atoms with Crippen LogP contribution < -0.4 is 8.92 Å². The molecule has 13 heteroatoms. The normalized spacial score (nSPS) is 29.9. The summed E-state index contributed by atoms with van der Waals surface area (Å²) in [5, 5.41) is 0. The van der Waals surface area contributed by atoms with E-state index < -0.39 is 21.9 Å². The molecular weight excluding hydrogens is 426 g/mol. The van der Waals surface area contributed by atoms with Crippen LogP contribution in [0.2, 0.25) is 0 Å². The van der Waals surface area contributed by atoms with Gasteiger partial charge in [0.25, 0.3) is 0 Å². The minimum atomic E-state index is -4.66. The predicted octanol–water partition coefficient (Wildman–Crippen LogP) is -3.02. The number of carbonyl (C=O) groups excluding carboxylic acids is 1. The van der Waals surface area contributed by atoms with E-state index in [1.165, 1.54) is 6.07 Å². The second-order valence-electron chi connectivity index (χ2n) is 7.59. The molecule has 0 aromatic heterocycles. The molecule has 5 rings (SSSR count). The monoisotopic (exact) mass is 455 g/mol. The molecule has 4 atom stereocenters. The third-order valence-corrected chi connectivity index (χ3v) is 6.96. The lowest BCUT2D eigenvalue weighted by molar-refractivity contribution is -0.138. The Morgan fingerprint density at radius 2 is 1.87 bits per heavy atom. The first kappa shape index (κ1) is 28.2. The highest BCUT2D eigenvalue weighted by atomic mass is 32.3. The average molecular weight is 455 g/mol. The Bertz CT molecular complexity index is 905. The maximum absolute atomic E-state index is 12.7. The van der Waals surface area contributed by atoms with Crippen molar-refractivity contribution in [3.63, 3.8) is 0 Å². The van der Waals surface area contributed by atoms with E-state index in [2.05, 4.69) is 11.9 Å². The van der Waals surface area contributed by atoms with Crippen LogP contribution in [0.25, 0.3) is 0 Å². The molecule has 0 amide bonds. The average Bonchev–Trinajstić information content (AvgIpc) is 2.88. The Hall–Kier alpha value is -1.84. The van der Waals surface area contributed by atoms with Gasteiger partial charge in [-0.15, -0.1) is 0 Å². The van der Waals surface area contributed by atoms with Gasteiger partial charge in [0.1, 0.15) is 0 Å². The molecule has 2 heterocycles. The summed E-state index contributed by atoms with van der Waals surface area (Å²) in [7, 11) is -2.53. The number of hydrogen-bond donors (Lipinski definition) is 1. The Morgan fingerprint density at radius 3 is 2.50 bits per heavy atom. The van der Waals surface area contributed by atoms with Gasteiger partial charge in [0.15, 0.2) is 23.4 Å². The van der Waals surface area contributed by atoms with E-state index in [9.17, 15) is 13.2 Å². The fourth-order valence-corrected chi connectivity index (χ4v) is 6.05. The van der Waals surface area contributed by atoms with E-state index in [-0.39, 0.29) is 38.9 Å². The minimum Gasteiger partial charge on any atom is -0.477 e. The van der Waals surface area contributed by atoms with Gasteiger partial charge in [-0.25, -0.2) is 0 Å². The zero-order chi connectivity index (χ0) is 17.6. The molecule has 1 spiro atoms. The first-order valence-corrected chi connectivity index (χ1v) is 9.90. The van der Waals surface area contributed by atoms with Crippen LogP contribution in [0.4, 0.5) is 0 Å². The highest BCUT2D eigenvalue weighted by Crippen LogP contribution is 2.63. The Labute approximate surface area is 173 Å². The van der Waals surface area contributed by atoms with E-state index in [0.717, 1.165) is 36.9 Å². The molecule has 2 fully saturated rings. The topological polar surface area (TPSA) is 251 Å². The Morgan fingerprint density at radius 1 is 1.20 bits per heavy atom. The summed E-state index contributed by atoms with van der Waals surface area (Å²) >= 11 is 0. The van der Waals surface area contributed by atoms with Gasteiger partial charge in [0.05, 0.1) is 0 Å². The molecule has 1 aromatic rings. The molecule has 12 nitrogen and oxygen atoms in total. The molecule has 1 aromatic carbocycles. The van der Waals surface area contributed by atoms with Gasteiger partial charge in [0.2, 0.25) is 0 Å². The van der Waals surface area contributed by atoms with Crippen molar-refractivity contribution in [2.75, 3.05) is 13.6 Å². The number of Topliss-reactive ketones (excluding diaryl/α,β-unsaturated/α-hetero) is 1. The van der Waals surface area contributed by atoms with Crippen molar-refractivity contribution >= 4 is 16.2 Å². The minimum absolute atomic E-state index is 0. The quantitative estimate of drug-likeness (QED) is 0.451. The number of nitrogens with zero attached hydrogens (tertiary/aromatic N) is 1. The molecule has 2 aliphatic carbocycles. The van der Waals surface area contributed by atoms with Crippen molar-refractivity contribution in [1.82, 2.24) is 4.90 Å². The summed E-state index contributed by atoms with van der Waals surface area (Å²) in [5.74, 6) is 0.669. The molecule has 30 heavy (non-hydrogen) atoms. The van der Waals surface area contributed by atoms with E-state index in [0.29, 0.717) is 24.1 Å². The first-order valence-electron chi connectivity index (χ1n) is 8.54. The lowest BCUT2D eigenvalue weighted by atomic mass is 9.52. The summed E-state index contributed by atoms with van der Waals surface area (Å²) < 4.78 is 42.3. The number of ketones is 1. The van der Waals surface area contributed by atoms with Crippen LogP contribution in [0.15, 0.2) is 12.1 Å². The van der Waals surface area contributed by atoms with Gasteiger partial charge in [0, 0.05) is 23.4 Å². The summed E-state index contributed by atoms with van der Waals surface area (Å²) in [4.78, 5) is 15.0. The number of piperidine rings is 1. The number of likely N-dealkylation sites (tertiary alicyclic amines) is 1. The third-order valence-electron chi connectivity index (χ3n) is 6.57. The molecule has 2 aliphatic heterocycles. The van der Waals surface area contributed by atoms with Gasteiger partial charge in [-0.2, -0.15) is 8.42 Å². The zero-order valence-corrected chi connectivity index (χ0v) is 17.1.